The summed E-state index contributed by atoms with van der Waals surface area (Å²) in [5, 5.41) is 6.67. The van der Waals surface area contributed by atoms with Gasteiger partial charge in [-0.05, 0) is 56.7 Å². The maximum atomic E-state index is 5.40. The molecule has 0 spiro atoms. The molecule has 0 radical (unpaired) electrons. The molecule has 152 valence electrons. The number of ether oxygens (including phenoxy) is 1. The van der Waals surface area contributed by atoms with Gasteiger partial charge in [0.2, 0.25) is 5.95 Å². The van der Waals surface area contributed by atoms with Crippen molar-refractivity contribution in [3.63, 3.8) is 0 Å². The quantitative estimate of drug-likeness (QED) is 0.535. The first-order chi connectivity index (χ1) is 14.1. The number of hydrogen-bond donors (Lipinski definition) is 2. The zero-order valence-corrected chi connectivity index (χ0v) is 17.6. The molecule has 2 N–H and O–H groups in total. The van der Waals surface area contributed by atoms with Gasteiger partial charge in [-0.2, -0.15) is 4.98 Å². The van der Waals surface area contributed by atoms with Gasteiger partial charge in [0.15, 0.2) is 0 Å². The third-order valence-corrected chi connectivity index (χ3v) is 4.89. The van der Waals surface area contributed by atoms with E-state index in [1.165, 1.54) is 5.69 Å². The number of para-hydroxylation sites is 1. The minimum atomic E-state index is 0.564. The molecule has 0 amide bonds. The Balaban J connectivity index is 1.70. The van der Waals surface area contributed by atoms with Crippen molar-refractivity contribution < 1.29 is 4.74 Å². The SMILES string of the molecule is CCN(CC)c1ccc(Nc2nccc(NCc3ccccc3OC)n2)c(C)c1. The summed E-state index contributed by atoms with van der Waals surface area (Å²) in [6.45, 7) is 9.04. The van der Waals surface area contributed by atoms with Gasteiger partial charge in [0.1, 0.15) is 11.6 Å². The molecule has 3 rings (SSSR count). The van der Waals surface area contributed by atoms with Gasteiger partial charge < -0.3 is 20.3 Å². The van der Waals surface area contributed by atoms with Gasteiger partial charge in [-0.15, -0.1) is 0 Å². The summed E-state index contributed by atoms with van der Waals surface area (Å²) < 4.78 is 5.40. The van der Waals surface area contributed by atoms with E-state index in [0.717, 1.165) is 41.5 Å². The Morgan fingerprint density at radius 3 is 2.55 bits per heavy atom. The summed E-state index contributed by atoms with van der Waals surface area (Å²) in [6.07, 6.45) is 1.75. The summed E-state index contributed by atoms with van der Waals surface area (Å²) in [7, 11) is 1.68. The van der Waals surface area contributed by atoms with Crippen molar-refractivity contribution in [2.24, 2.45) is 0 Å². The second kappa shape index (κ2) is 9.78. The summed E-state index contributed by atoms with van der Waals surface area (Å²) in [5.41, 5.74) is 4.46. The molecule has 0 aliphatic carbocycles. The Bertz CT molecular complexity index is 940. The average Bonchev–Trinajstić information content (AvgIpc) is 2.75. The standard InChI is InChI=1S/C23H29N5O/c1-5-28(6-2)19-11-12-20(17(3)15-19)26-23-24-14-13-22(27-23)25-16-18-9-7-8-10-21(18)29-4/h7-15H,5-6,16H2,1-4H3,(H2,24,25,26,27). The number of methoxy groups -OCH3 is 1. The average molecular weight is 392 g/mol. The zero-order valence-electron chi connectivity index (χ0n) is 17.6. The zero-order chi connectivity index (χ0) is 20.6. The van der Waals surface area contributed by atoms with Gasteiger partial charge in [0.05, 0.1) is 7.11 Å². The third-order valence-electron chi connectivity index (χ3n) is 4.89. The molecule has 1 aromatic heterocycles. The lowest BCUT2D eigenvalue weighted by molar-refractivity contribution is 0.410. The number of aromatic nitrogens is 2. The lowest BCUT2D eigenvalue weighted by Gasteiger charge is -2.22. The van der Waals surface area contributed by atoms with Gasteiger partial charge in [0, 0.05) is 42.8 Å². The molecule has 0 saturated heterocycles. The third kappa shape index (κ3) is 5.16. The van der Waals surface area contributed by atoms with Crippen LogP contribution in [0.25, 0.3) is 0 Å². The molecule has 0 bridgehead atoms. The molecule has 3 aromatic rings. The van der Waals surface area contributed by atoms with Crippen LogP contribution < -0.4 is 20.3 Å². The van der Waals surface area contributed by atoms with Crippen LogP contribution in [0, 0.1) is 6.92 Å². The van der Waals surface area contributed by atoms with E-state index < -0.39 is 0 Å². The van der Waals surface area contributed by atoms with E-state index in [1.54, 1.807) is 13.3 Å². The molecular formula is C23H29N5O. The molecule has 29 heavy (non-hydrogen) atoms. The molecular weight excluding hydrogens is 362 g/mol. The van der Waals surface area contributed by atoms with Gasteiger partial charge in [-0.3, -0.25) is 0 Å². The Kier molecular flexibility index (Phi) is 6.89. The molecule has 1 heterocycles. The van der Waals surface area contributed by atoms with Crippen molar-refractivity contribution in [1.29, 1.82) is 0 Å². The molecule has 6 nitrogen and oxygen atoms in total. The van der Waals surface area contributed by atoms with Crippen molar-refractivity contribution >= 4 is 23.1 Å². The summed E-state index contributed by atoms with van der Waals surface area (Å²) in [5.74, 6) is 2.18. The van der Waals surface area contributed by atoms with E-state index in [-0.39, 0.29) is 0 Å². The Labute approximate surface area is 173 Å². The minimum Gasteiger partial charge on any atom is -0.496 e. The van der Waals surface area contributed by atoms with Crippen LogP contribution >= 0.6 is 0 Å². The van der Waals surface area contributed by atoms with Crippen LogP contribution in [-0.4, -0.2) is 30.2 Å². The number of benzene rings is 2. The molecule has 6 heteroatoms. The monoisotopic (exact) mass is 391 g/mol. The highest BCUT2D eigenvalue weighted by Crippen LogP contribution is 2.25. The van der Waals surface area contributed by atoms with Gasteiger partial charge >= 0.3 is 0 Å². The molecule has 0 unspecified atom stereocenters. The minimum absolute atomic E-state index is 0.564. The van der Waals surface area contributed by atoms with E-state index in [9.17, 15) is 0 Å². The fourth-order valence-corrected chi connectivity index (χ4v) is 3.25. The number of rotatable bonds is 9. The Hall–Kier alpha value is -3.28. The number of aryl methyl sites for hydroxylation is 1. The highest BCUT2D eigenvalue weighted by molar-refractivity contribution is 5.64. The lowest BCUT2D eigenvalue weighted by Crippen LogP contribution is -2.21. The van der Waals surface area contributed by atoms with Crippen molar-refractivity contribution in [3.8, 4) is 5.75 Å². The van der Waals surface area contributed by atoms with Crippen LogP contribution in [0.3, 0.4) is 0 Å². The van der Waals surface area contributed by atoms with Gasteiger partial charge in [-0.1, -0.05) is 18.2 Å². The Morgan fingerprint density at radius 1 is 1.03 bits per heavy atom. The molecule has 2 aromatic carbocycles. The van der Waals surface area contributed by atoms with Crippen molar-refractivity contribution in [1.82, 2.24) is 9.97 Å². The molecule has 0 fully saturated rings. The highest BCUT2D eigenvalue weighted by Gasteiger charge is 2.07. The van der Waals surface area contributed by atoms with E-state index in [1.807, 2.05) is 30.3 Å². The van der Waals surface area contributed by atoms with E-state index in [4.69, 9.17) is 4.74 Å². The van der Waals surface area contributed by atoms with Crippen LogP contribution in [0.15, 0.2) is 54.7 Å². The molecule has 0 aliphatic rings. The predicted molar refractivity (Wildman–Crippen MR) is 120 cm³/mol. The highest BCUT2D eigenvalue weighted by atomic mass is 16.5. The van der Waals surface area contributed by atoms with E-state index in [0.29, 0.717) is 12.5 Å². The first-order valence-electron chi connectivity index (χ1n) is 9.96. The predicted octanol–water partition coefficient (Wildman–Crippen LogP) is 5.00. The second-order valence-corrected chi connectivity index (χ2v) is 6.73. The van der Waals surface area contributed by atoms with Crippen LogP contribution in [-0.2, 0) is 6.54 Å². The maximum Gasteiger partial charge on any atom is 0.229 e. The van der Waals surface area contributed by atoms with Crippen LogP contribution in [0.2, 0.25) is 0 Å². The lowest BCUT2D eigenvalue weighted by atomic mass is 10.1. The van der Waals surface area contributed by atoms with Gasteiger partial charge in [0.25, 0.3) is 0 Å². The molecule has 0 saturated carbocycles. The van der Waals surface area contributed by atoms with Crippen molar-refractivity contribution in [3.05, 3.63) is 65.9 Å². The number of nitrogens with zero attached hydrogens (tertiary/aromatic N) is 3. The first kappa shape index (κ1) is 20.5. The van der Waals surface area contributed by atoms with E-state index in [2.05, 4.69) is 64.5 Å². The molecule has 0 atom stereocenters. The second-order valence-electron chi connectivity index (χ2n) is 6.73. The van der Waals surface area contributed by atoms with Crippen LogP contribution in [0.1, 0.15) is 25.0 Å². The van der Waals surface area contributed by atoms with Crippen LogP contribution in [0.4, 0.5) is 23.1 Å². The number of hydrogen-bond acceptors (Lipinski definition) is 6. The number of nitrogens with one attached hydrogen (secondary N) is 2. The normalized spacial score (nSPS) is 10.5. The smallest absolute Gasteiger partial charge is 0.229 e. The number of anilines is 4. The summed E-state index contributed by atoms with van der Waals surface area (Å²) >= 11 is 0. The largest absolute Gasteiger partial charge is 0.496 e. The maximum absolute atomic E-state index is 5.40. The summed E-state index contributed by atoms with van der Waals surface area (Å²) in [6, 6.07) is 16.2. The summed E-state index contributed by atoms with van der Waals surface area (Å²) in [4.78, 5) is 11.3. The van der Waals surface area contributed by atoms with Crippen molar-refractivity contribution in [2.75, 3.05) is 35.7 Å². The van der Waals surface area contributed by atoms with Crippen LogP contribution in [0.5, 0.6) is 5.75 Å². The fourth-order valence-electron chi connectivity index (χ4n) is 3.25. The molecule has 0 aliphatic heterocycles. The Morgan fingerprint density at radius 2 is 1.83 bits per heavy atom. The van der Waals surface area contributed by atoms with Crippen molar-refractivity contribution in [2.45, 2.75) is 27.3 Å². The topological polar surface area (TPSA) is 62.3 Å². The fraction of sp³-hybridized carbons (Fsp3) is 0.304. The first-order valence-corrected chi connectivity index (χ1v) is 9.96. The van der Waals surface area contributed by atoms with Gasteiger partial charge in [-0.25, -0.2) is 4.98 Å². The van der Waals surface area contributed by atoms with E-state index >= 15 is 0 Å².